The molecule has 134 valence electrons. The zero-order valence-electron chi connectivity index (χ0n) is 14.3. The lowest BCUT2D eigenvalue weighted by atomic mass is 10.1. The minimum atomic E-state index is -0.747. The number of rotatable bonds is 5. The van der Waals surface area contributed by atoms with E-state index < -0.39 is 12.1 Å². The van der Waals surface area contributed by atoms with Gasteiger partial charge in [0.1, 0.15) is 11.5 Å². The van der Waals surface area contributed by atoms with Crippen molar-refractivity contribution in [3.63, 3.8) is 0 Å². The Morgan fingerprint density at radius 3 is 2.65 bits per heavy atom. The van der Waals surface area contributed by atoms with Crippen LogP contribution in [0.2, 0.25) is 0 Å². The summed E-state index contributed by atoms with van der Waals surface area (Å²) < 4.78 is 17.1. The average molecular weight is 417 g/mol. The number of carbonyl (C=O) groups excluding carboxylic acids is 2. The first-order chi connectivity index (χ1) is 12.5. The molecule has 0 fully saturated rings. The number of halogens is 1. The summed E-state index contributed by atoms with van der Waals surface area (Å²) in [5.74, 6) is 0.459. The smallest absolute Gasteiger partial charge is 0.347 e. The minimum absolute atomic E-state index is 0.187. The third-order valence-corrected chi connectivity index (χ3v) is 4.27. The SMILES string of the molecule is CCOC(=O)[C@H](C)Oc1ccc2c(c1)OC(=Cc1ccc(Br)cc1)C2=O. The molecule has 2 aromatic carbocycles. The van der Waals surface area contributed by atoms with Crippen molar-refractivity contribution in [2.45, 2.75) is 20.0 Å². The van der Waals surface area contributed by atoms with Gasteiger partial charge in [0.25, 0.3) is 0 Å². The van der Waals surface area contributed by atoms with E-state index in [4.69, 9.17) is 14.2 Å². The Bertz CT molecular complexity index is 870. The molecule has 0 bridgehead atoms. The van der Waals surface area contributed by atoms with Crippen LogP contribution in [0.4, 0.5) is 0 Å². The number of benzene rings is 2. The summed E-state index contributed by atoms with van der Waals surface area (Å²) in [5, 5.41) is 0. The highest BCUT2D eigenvalue weighted by Crippen LogP contribution is 2.35. The highest BCUT2D eigenvalue weighted by atomic mass is 79.9. The van der Waals surface area contributed by atoms with Gasteiger partial charge in [-0.15, -0.1) is 0 Å². The number of ether oxygens (including phenoxy) is 3. The molecule has 2 aromatic rings. The topological polar surface area (TPSA) is 61.8 Å². The van der Waals surface area contributed by atoms with Crippen LogP contribution >= 0.6 is 15.9 Å². The van der Waals surface area contributed by atoms with Crippen LogP contribution in [0.1, 0.15) is 29.8 Å². The summed E-state index contributed by atoms with van der Waals surface area (Å²) >= 11 is 3.37. The maximum absolute atomic E-state index is 12.5. The van der Waals surface area contributed by atoms with Gasteiger partial charge in [0.15, 0.2) is 11.9 Å². The number of esters is 1. The summed E-state index contributed by atoms with van der Waals surface area (Å²) in [6.07, 6.45) is 0.944. The lowest BCUT2D eigenvalue weighted by Gasteiger charge is -2.13. The fraction of sp³-hybridized carbons (Fsp3) is 0.200. The molecular formula is C20H17BrO5. The molecule has 0 amide bonds. The van der Waals surface area contributed by atoms with Crippen LogP contribution in [0.5, 0.6) is 11.5 Å². The van der Waals surface area contributed by atoms with Gasteiger partial charge in [0.2, 0.25) is 5.78 Å². The summed E-state index contributed by atoms with van der Waals surface area (Å²) in [4.78, 5) is 24.1. The van der Waals surface area contributed by atoms with E-state index in [1.165, 1.54) is 0 Å². The molecule has 5 nitrogen and oxygen atoms in total. The Balaban J connectivity index is 1.77. The summed E-state index contributed by atoms with van der Waals surface area (Å²) in [7, 11) is 0. The molecule has 0 saturated heterocycles. The van der Waals surface area contributed by atoms with E-state index in [0.29, 0.717) is 23.7 Å². The second-order valence-corrected chi connectivity index (χ2v) is 6.58. The van der Waals surface area contributed by atoms with E-state index in [9.17, 15) is 9.59 Å². The van der Waals surface area contributed by atoms with Crippen LogP contribution in [-0.2, 0) is 9.53 Å². The van der Waals surface area contributed by atoms with Crippen LogP contribution in [0.3, 0.4) is 0 Å². The number of Topliss-reactive ketones (excluding diaryl/α,β-unsaturated/α-hetero) is 1. The molecule has 6 heteroatoms. The van der Waals surface area contributed by atoms with Gasteiger partial charge < -0.3 is 14.2 Å². The molecule has 0 saturated carbocycles. The lowest BCUT2D eigenvalue weighted by molar-refractivity contribution is -0.150. The van der Waals surface area contributed by atoms with Gasteiger partial charge >= 0.3 is 5.97 Å². The van der Waals surface area contributed by atoms with Crippen molar-refractivity contribution >= 4 is 33.8 Å². The van der Waals surface area contributed by atoms with E-state index >= 15 is 0 Å². The molecule has 26 heavy (non-hydrogen) atoms. The first-order valence-corrected chi connectivity index (χ1v) is 8.94. The zero-order chi connectivity index (χ0) is 18.7. The van der Waals surface area contributed by atoms with Crippen molar-refractivity contribution in [3.8, 4) is 11.5 Å². The maximum Gasteiger partial charge on any atom is 0.347 e. The normalized spacial score (nSPS) is 15.3. The van der Waals surface area contributed by atoms with E-state index in [-0.39, 0.29) is 11.5 Å². The van der Waals surface area contributed by atoms with Crippen LogP contribution in [0, 0.1) is 0 Å². The third-order valence-electron chi connectivity index (χ3n) is 3.74. The van der Waals surface area contributed by atoms with Gasteiger partial charge in [-0.05, 0) is 49.8 Å². The molecule has 1 aliphatic heterocycles. The van der Waals surface area contributed by atoms with E-state index in [1.54, 1.807) is 38.1 Å². The van der Waals surface area contributed by atoms with Crippen molar-refractivity contribution in [2.24, 2.45) is 0 Å². The van der Waals surface area contributed by atoms with Crippen molar-refractivity contribution in [3.05, 3.63) is 63.8 Å². The molecule has 0 aromatic heterocycles. The van der Waals surface area contributed by atoms with E-state index in [2.05, 4.69) is 15.9 Å². The van der Waals surface area contributed by atoms with Crippen LogP contribution < -0.4 is 9.47 Å². The van der Waals surface area contributed by atoms with Crippen molar-refractivity contribution in [1.82, 2.24) is 0 Å². The van der Waals surface area contributed by atoms with Gasteiger partial charge in [0.05, 0.1) is 12.2 Å². The van der Waals surface area contributed by atoms with Crippen molar-refractivity contribution < 1.29 is 23.8 Å². The van der Waals surface area contributed by atoms with Gasteiger partial charge in [0, 0.05) is 10.5 Å². The number of fused-ring (bicyclic) bond motifs is 1. The van der Waals surface area contributed by atoms with Gasteiger partial charge in [-0.3, -0.25) is 4.79 Å². The van der Waals surface area contributed by atoms with Crippen LogP contribution in [0.15, 0.2) is 52.7 Å². The molecule has 1 atom stereocenters. The van der Waals surface area contributed by atoms with E-state index in [0.717, 1.165) is 10.0 Å². The summed E-state index contributed by atoms with van der Waals surface area (Å²) in [6, 6.07) is 12.4. The number of hydrogen-bond acceptors (Lipinski definition) is 5. The lowest BCUT2D eigenvalue weighted by Crippen LogP contribution is -2.26. The highest BCUT2D eigenvalue weighted by molar-refractivity contribution is 9.10. The second-order valence-electron chi connectivity index (χ2n) is 5.66. The van der Waals surface area contributed by atoms with Crippen LogP contribution in [0.25, 0.3) is 6.08 Å². The number of carbonyl (C=O) groups is 2. The Morgan fingerprint density at radius 1 is 1.23 bits per heavy atom. The zero-order valence-corrected chi connectivity index (χ0v) is 15.9. The quantitative estimate of drug-likeness (QED) is 0.533. The van der Waals surface area contributed by atoms with Gasteiger partial charge in [-0.2, -0.15) is 0 Å². The fourth-order valence-electron chi connectivity index (χ4n) is 2.46. The largest absolute Gasteiger partial charge is 0.479 e. The molecule has 1 aliphatic rings. The molecule has 0 N–H and O–H groups in total. The molecule has 0 spiro atoms. The molecule has 0 aliphatic carbocycles. The first kappa shape index (κ1) is 18.2. The van der Waals surface area contributed by atoms with Crippen molar-refractivity contribution in [2.75, 3.05) is 6.61 Å². The Labute approximate surface area is 159 Å². The molecule has 3 rings (SSSR count). The maximum atomic E-state index is 12.5. The Kier molecular flexibility index (Phi) is 5.42. The monoisotopic (exact) mass is 416 g/mol. The fourth-order valence-corrected chi connectivity index (χ4v) is 2.73. The number of hydrogen-bond donors (Lipinski definition) is 0. The molecule has 1 heterocycles. The van der Waals surface area contributed by atoms with Gasteiger partial charge in [-0.1, -0.05) is 28.1 Å². The number of allylic oxidation sites excluding steroid dienone is 1. The minimum Gasteiger partial charge on any atom is -0.479 e. The average Bonchev–Trinajstić information content (AvgIpc) is 2.92. The number of ketones is 1. The Hall–Kier alpha value is -2.60. The molecule has 0 unspecified atom stereocenters. The van der Waals surface area contributed by atoms with Crippen LogP contribution in [-0.4, -0.2) is 24.5 Å². The summed E-state index contributed by atoms with van der Waals surface area (Å²) in [5.41, 5.74) is 1.32. The van der Waals surface area contributed by atoms with Gasteiger partial charge in [-0.25, -0.2) is 4.79 Å². The molecule has 0 radical (unpaired) electrons. The van der Waals surface area contributed by atoms with Crippen molar-refractivity contribution in [1.29, 1.82) is 0 Å². The van der Waals surface area contributed by atoms with E-state index in [1.807, 2.05) is 24.3 Å². The molecular weight excluding hydrogens is 400 g/mol. The first-order valence-electron chi connectivity index (χ1n) is 8.15. The Morgan fingerprint density at radius 2 is 1.96 bits per heavy atom. The predicted octanol–water partition coefficient (Wildman–Crippen LogP) is 4.40. The summed E-state index contributed by atoms with van der Waals surface area (Å²) in [6.45, 7) is 3.63. The highest BCUT2D eigenvalue weighted by Gasteiger charge is 2.28. The standard InChI is InChI=1S/C20H17BrO5/c1-3-24-20(23)12(2)25-15-8-9-16-17(11-15)26-18(19(16)22)10-13-4-6-14(21)7-5-13/h4-12H,3H2,1-2H3/t12-/m0/s1. The second kappa shape index (κ2) is 7.74. The predicted molar refractivity (Wildman–Crippen MR) is 100 cm³/mol. The third kappa shape index (κ3) is 3.96.